The Morgan fingerprint density at radius 1 is 1.22 bits per heavy atom. The van der Waals surface area contributed by atoms with Crippen molar-refractivity contribution in [2.75, 3.05) is 6.61 Å². The quantitative estimate of drug-likeness (QED) is 0.615. The van der Waals surface area contributed by atoms with Crippen LogP contribution < -0.4 is 15.9 Å². The highest BCUT2D eigenvalue weighted by atomic mass is 16.5. The molecule has 0 unspecified atom stereocenters. The molecule has 0 saturated heterocycles. The second-order valence-corrected chi connectivity index (χ2v) is 4.66. The summed E-state index contributed by atoms with van der Waals surface area (Å²) in [5.74, 6) is -0.344. The molecular weight excluding hydrogens is 296 g/mol. The van der Waals surface area contributed by atoms with Crippen LogP contribution in [0.5, 0.6) is 5.75 Å². The van der Waals surface area contributed by atoms with E-state index in [4.69, 9.17) is 10.5 Å². The molecule has 3 N–H and O–H groups in total. The lowest BCUT2D eigenvalue weighted by Gasteiger charge is -2.06. The van der Waals surface area contributed by atoms with E-state index in [-0.39, 0.29) is 12.5 Å². The predicted octanol–water partition coefficient (Wildman–Crippen LogP) is 1.10. The number of nitrogens with two attached hydrogens (primary N) is 1. The maximum absolute atomic E-state index is 11.9. The highest BCUT2D eigenvalue weighted by Gasteiger charge is 2.05. The largest absolute Gasteiger partial charge is 0.484 e. The summed E-state index contributed by atoms with van der Waals surface area (Å²) in [5.41, 5.74) is 9.34. The number of aromatic nitrogens is 1. The van der Waals surface area contributed by atoms with Crippen molar-refractivity contribution in [2.45, 2.75) is 6.92 Å². The molecule has 0 radical (unpaired) electrons. The first-order valence-corrected chi connectivity index (χ1v) is 6.82. The van der Waals surface area contributed by atoms with E-state index in [9.17, 15) is 9.59 Å². The van der Waals surface area contributed by atoms with Gasteiger partial charge in [-0.2, -0.15) is 5.10 Å². The van der Waals surface area contributed by atoms with Gasteiger partial charge in [0.05, 0.1) is 11.3 Å². The molecule has 7 nitrogen and oxygen atoms in total. The van der Waals surface area contributed by atoms with Gasteiger partial charge in [-0.05, 0) is 48.9 Å². The normalized spacial score (nSPS) is 10.9. The molecule has 2 amide bonds. The Hall–Kier alpha value is -3.22. The van der Waals surface area contributed by atoms with Gasteiger partial charge in [-0.3, -0.25) is 14.6 Å². The molecule has 2 rings (SSSR count). The first-order valence-electron chi connectivity index (χ1n) is 6.82. The number of benzene rings is 1. The summed E-state index contributed by atoms with van der Waals surface area (Å²) in [6, 6.07) is 10.3. The lowest BCUT2D eigenvalue weighted by molar-refractivity contribution is -0.119. The van der Waals surface area contributed by atoms with E-state index in [0.717, 1.165) is 5.56 Å². The number of rotatable bonds is 6. The van der Waals surface area contributed by atoms with Crippen molar-refractivity contribution in [2.24, 2.45) is 10.8 Å². The molecule has 0 aliphatic rings. The van der Waals surface area contributed by atoms with Crippen molar-refractivity contribution in [3.63, 3.8) is 0 Å². The number of hydrazone groups is 1. The molecule has 0 saturated carbocycles. The van der Waals surface area contributed by atoms with Crippen LogP contribution in [0.2, 0.25) is 0 Å². The number of ether oxygens (including phenoxy) is 1. The Labute approximate surface area is 133 Å². The predicted molar refractivity (Wildman–Crippen MR) is 85.0 cm³/mol. The summed E-state index contributed by atoms with van der Waals surface area (Å²) in [4.78, 5) is 26.4. The van der Waals surface area contributed by atoms with Crippen LogP contribution in [0.25, 0.3) is 0 Å². The van der Waals surface area contributed by atoms with E-state index in [1.165, 1.54) is 6.20 Å². The van der Waals surface area contributed by atoms with Gasteiger partial charge in [0.1, 0.15) is 5.75 Å². The third-order valence-electron chi connectivity index (χ3n) is 2.90. The Balaban J connectivity index is 1.98. The summed E-state index contributed by atoms with van der Waals surface area (Å²) < 4.78 is 5.17. The van der Waals surface area contributed by atoms with E-state index in [0.29, 0.717) is 17.0 Å². The second-order valence-electron chi connectivity index (χ2n) is 4.66. The van der Waals surface area contributed by atoms with E-state index >= 15 is 0 Å². The monoisotopic (exact) mass is 312 g/mol. The molecule has 7 heteroatoms. The lowest BCUT2D eigenvalue weighted by atomic mass is 10.1. The molecule has 0 spiro atoms. The topological polar surface area (TPSA) is 107 Å². The number of hydrogen-bond acceptors (Lipinski definition) is 5. The zero-order valence-electron chi connectivity index (χ0n) is 12.5. The van der Waals surface area contributed by atoms with E-state index in [1.54, 1.807) is 49.5 Å². The van der Waals surface area contributed by atoms with Gasteiger partial charge in [0, 0.05) is 12.4 Å². The highest BCUT2D eigenvalue weighted by molar-refractivity contribution is 6.00. The van der Waals surface area contributed by atoms with E-state index in [2.05, 4.69) is 15.5 Å². The van der Waals surface area contributed by atoms with E-state index in [1.807, 2.05) is 0 Å². The van der Waals surface area contributed by atoms with Crippen LogP contribution >= 0.6 is 0 Å². The number of nitrogens with zero attached hydrogens (tertiary/aromatic N) is 2. The Kier molecular flexibility index (Phi) is 5.40. The van der Waals surface area contributed by atoms with Gasteiger partial charge in [-0.15, -0.1) is 0 Å². The highest BCUT2D eigenvalue weighted by Crippen LogP contribution is 2.12. The zero-order chi connectivity index (χ0) is 16.7. The number of hydrogen-bond donors (Lipinski definition) is 2. The summed E-state index contributed by atoms with van der Waals surface area (Å²) >= 11 is 0. The van der Waals surface area contributed by atoms with Crippen molar-refractivity contribution in [3.05, 3.63) is 59.9 Å². The number of carbonyl (C=O) groups excluding carboxylic acids is 2. The minimum absolute atomic E-state index is 0.173. The van der Waals surface area contributed by atoms with Gasteiger partial charge in [0.25, 0.3) is 11.8 Å². The van der Waals surface area contributed by atoms with Crippen LogP contribution in [0.4, 0.5) is 0 Å². The number of primary amides is 1. The molecule has 0 bridgehead atoms. The number of pyridine rings is 1. The van der Waals surface area contributed by atoms with Crippen LogP contribution in [-0.4, -0.2) is 29.1 Å². The lowest BCUT2D eigenvalue weighted by Crippen LogP contribution is -2.20. The van der Waals surface area contributed by atoms with Crippen molar-refractivity contribution < 1.29 is 14.3 Å². The minimum Gasteiger partial charge on any atom is -0.484 e. The third-order valence-corrected chi connectivity index (χ3v) is 2.90. The maximum Gasteiger partial charge on any atom is 0.272 e. The van der Waals surface area contributed by atoms with Crippen LogP contribution in [0.1, 0.15) is 22.8 Å². The third kappa shape index (κ3) is 4.92. The first-order chi connectivity index (χ1) is 11.1. The van der Waals surface area contributed by atoms with Gasteiger partial charge < -0.3 is 10.5 Å². The average Bonchev–Trinajstić information content (AvgIpc) is 2.58. The zero-order valence-corrected chi connectivity index (χ0v) is 12.5. The Morgan fingerprint density at radius 2 is 1.96 bits per heavy atom. The number of amides is 2. The molecule has 1 aromatic heterocycles. The SMILES string of the molecule is C/C(=N\NC(=O)c1cccnc1)c1ccc(OCC(N)=O)cc1. The van der Waals surface area contributed by atoms with Gasteiger partial charge in [0.15, 0.2) is 6.61 Å². The van der Waals surface area contributed by atoms with Crippen LogP contribution in [0.15, 0.2) is 53.9 Å². The molecule has 0 aliphatic carbocycles. The summed E-state index contributed by atoms with van der Waals surface area (Å²) in [6.07, 6.45) is 3.05. The van der Waals surface area contributed by atoms with Crippen LogP contribution in [0, 0.1) is 0 Å². The van der Waals surface area contributed by atoms with Crippen LogP contribution in [-0.2, 0) is 4.79 Å². The molecule has 0 aliphatic heterocycles. The fourth-order valence-corrected chi connectivity index (χ4v) is 1.71. The summed E-state index contributed by atoms with van der Waals surface area (Å²) in [5, 5.41) is 4.05. The second kappa shape index (κ2) is 7.69. The fraction of sp³-hybridized carbons (Fsp3) is 0.125. The smallest absolute Gasteiger partial charge is 0.272 e. The molecule has 0 atom stereocenters. The molecule has 1 heterocycles. The van der Waals surface area contributed by atoms with Gasteiger partial charge in [-0.25, -0.2) is 5.43 Å². The summed E-state index contributed by atoms with van der Waals surface area (Å²) in [7, 11) is 0. The number of nitrogens with one attached hydrogen (secondary N) is 1. The van der Waals surface area contributed by atoms with E-state index < -0.39 is 5.91 Å². The Morgan fingerprint density at radius 3 is 2.57 bits per heavy atom. The van der Waals surface area contributed by atoms with Crippen molar-refractivity contribution >= 4 is 17.5 Å². The van der Waals surface area contributed by atoms with Crippen molar-refractivity contribution in [1.29, 1.82) is 0 Å². The fourth-order valence-electron chi connectivity index (χ4n) is 1.71. The minimum atomic E-state index is -0.537. The van der Waals surface area contributed by atoms with Crippen molar-refractivity contribution in [1.82, 2.24) is 10.4 Å². The molecular formula is C16H16N4O3. The molecule has 0 fully saturated rings. The molecule has 118 valence electrons. The number of carbonyl (C=O) groups is 2. The first kappa shape index (κ1) is 16.2. The van der Waals surface area contributed by atoms with Gasteiger partial charge in [-0.1, -0.05) is 0 Å². The standard InChI is InChI=1S/C16H16N4O3/c1-11(19-20-16(22)13-3-2-8-18-9-13)12-4-6-14(7-5-12)23-10-15(17)21/h2-9H,10H2,1H3,(H2,17,21)(H,20,22)/b19-11+. The average molecular weight is 312 g/mol. The van der Waals surface area contributed by atoms with Crippen LogP contribution in [0.3, 0.4) is 0 Å². The molecule has 23 heavy (non-hydrogen) atoms. The van der Waals surface area contributed by atoms with Gasteiger partial charge in [0.2, 0.25) is 0 Å². The summed E-state index contributed by atoms with van der Waals surface area (Å²) in [6.45, 7) is 1.59. The molecule has 2 aromatic rings. The Bertz CT molecular complexity index is 712. The maximum atomic E-state index is 11.9. The van der Waals surface area contributed by atoms with Crippen molar-refractivity contribution in [3.8, 4) is 5.75 Å². The van der Waals surface area contributed by atoms with Gasteiger partial charge >= 0.3 is 0 Å². The molecule has 1 aromatic carbocycles.